The van der Waals surface area contributed by atoms with Gasteiger partial charge in [0.25, 0.3) is 0 Å². The third-order valence-corrected chi connectivity index (χ3v) is 1.55. The van der Waals surface area contributed by atoms with E-state index in [1.807, 2.05) is 0 Å². The lowest BCUT2D eigenvalue weighted by atomic mass is 10.2. The van der Waals surface area contributed by atoms with Gasteiger partial charge in [0.1, 0.15) is 0 Å². The van der Waals surface area contributed by atoms with Crippen LogP contribution in [0.1, 0.15) is 12.1 Å². The normalized spacial score (nSPS) is 9.55. The maximum absolute atomic E-state index is 10.7. The number of carbonyl (C=O) groups excluding carboxylic acids is 1. The Morgan fingerprint density at radius 3 is 3.18 bits per heavy atom. The van der Waals surface area contributed by atoms with E-state index in [0.717, 1.165) is 5.69 Å². The summed E-state index contributed by atoms with van der Waals surface area (Å²) in [6, 6.07) is 0. The lowest BCUT2D eigenvalue weighted by molar-refractivity contribution is -0.119. The van der Waals surface area contributed by atoms with Crippen LogP contribution in [-0.2, 0) is 11.2 Å². The minimum atomic E-state index is -0.0806. The summed E-state index contributed by atoms with van der Waals surface area (Å²) in [5, 5.41) is 0. The van der Waals surface area contributed by atoms with Crippen LogP contribution in [-0.4, -0.2) is 15.9 Å². The van der Waals surface area contributed by atoms with Crippen molar-refractivity contribution in [3.8, 4) is 0 Å². The third-order valence-electron chi connectivity index (χ3n) is 1.30. The Morgan fingerprint density at radius 2 is 2.64 bits per heavy atom. The topological polar surface area (TPSA) is 57.8 Å². The van der Waals surface area contributed by atoms with Crippen molar-refractivity contribution < 1.29 is 4.79 Å². The van der Waals surface area contributed by atoms with E-state index >= 15 is 0 Å². The fourth-order valence-electron chi connectivity index (χ4n) is 0.726. The van der Waals surface area contributed by atoms with Gasteiger partial charge in [-0.25, -0.2) is 4.98 Å². The molecule has 0 atom stereocenters. The second-order valence-corrected chi connectivity index (χ2v) is 2.34. The number of nitrogens with one attached hydrogen (secondary N) is 2. The fourth-order valence-corrected chi connectivity index (χ4v) is 0.837. The predicted molar refractivity (Wildman–Crippen MR) is 44.0 cm³/mol. The molecule has 11 heavy (non-hydrogen) atoms. The molecular weight excluding hydrogens is 162 g/mol. The monoisotopic (exact) mass is 171 g/mol. The molecule has 0 aliphatic carbocycles. The molecule has 0 spiro atoms. The minimum absolute atomic E-state index is 0.0806. The Morgan fingerprint density at radius 1 is 1.82 bits per heavy atom. The molecule has 0 unspecified atom stereocenters. The van der Waals surface area contributed by atoms with Crippen molar-refractivity contribution in [1.82, 2.24) is 14.7 Å². The highest BCUT2D eigenvalue weighted by Gasteiger charge is 1.99. The number of amides is 1. The molecule has 0 saturated heterocycles. The number of aryl methyl sites for hydroxylation is 1. The van der Waals surface area contributed by atoms with Crippen LogP contribution >= 0.6 is 12.8 Å². The molecule has 0 fully saturated rings. The van der Waals surface area contributed by atoms with Crippen LogP contribution in [0.5, 0.6) is 0 Å². The van der Waals surface area contributed by atoms with Crippen molar-refractivity contribution in [2.45, 2.75) is 12.8 Å². The summed E-state index contributed by atoms with van der Waals surface area (Å²) in [5.74, 6) is -0.0806. The summed E-state index contributed by atoms with van der Waals surface area (Å²) in [6.07, 6.45) is 4.40. The zero-order chi connectivity index (χ0) is 8.10. The molecule has 0 aliphatic rings. The van der Waals surface area contributed by atoms with Crippen molar-refractivity contribution in [2.24, 2.45) is 0 Å². The summed E-state index contributed by atoms with van der Waals surface area (Å²) in [5.41, 5.74) is 0.960. The first-order valence-electron chi connectivity index (χ1n) is 3.23. The number of aromatic amines is 1. The van der Waals surface area contributed by atoms with Gasteiger partial charge in [-0.15, -0.1) is 0 Å². The van der Waals surface area contributed by atoms with E-state index < -0.39 is 0 Å². The summed E-state index contributed by atoms with van der Waals surface area (Å²) in [6.45, 7) is 0. The molecule has 60 valence electrons. The van der Waals surface area contributed by atoms with Gasteiger partial charge in [-0.1, -0.05) is 12.8 Å². The van der Waals surface area contributed by atoms with E-state index in [2.05, 4.69) is 27.5 Å². The SMILES string of the molecule is O=C(CCc1cnc[nH]1)NS. The number of hydrogen-bond acceptors (Lipinski definition) is 3. The summed E-state index contributed by atoms with van der Waals surface area (Å²) in [7, 11) is 0. The lowest BCUT2D eigenvalue weighted by Gasteiger charge is -1.95. The fraction of sp³-hybridized carbons (Fsp3) is 0.333. The van der Waals surface area contributed by atoms with E-state index in [4.69, 9.17) is 0 Å². The molecule has 4 nitrogen and oxygen atoms in total. The minimum Gasteiger partial charge on any atom is -0.348 e. The average Bonchev–Trinajstić information content (AvgIpc) is 2.52. The number of aromatic nitrogens is 2. The summed E-state index contributed by atoms with van der Waals surface area (Å²) < 4.78 is 2.25. The van der Waals surface area contributed by atoms with Crippen molar-refractivity contribution in [2.75, 3.05) is 0 Å². The smallest absolute Gasteiger partial charge is 0.230 e. The molecule has 0 bridgehead atoms. The third kappa shape index (κ3) is 2.63. The van der Waals surface area contributed by atoms with Gasteiger partial charge in [-0.2, -0.15) is 0 Å². The van der Waals surface area contributed by atoms with E-state index in [9.17, 15) is 4.79 Å². The zero-order valence-electron chi connectivity index (χ0n) is 5.87. The Balaban J connectivity index is 2.29. The van der Waals surface area contributed by atoms with Crippen LogP contribution in [0.15, 0.2) is 12.5 Å². The molecule has 2 N–H and O–H groups in total. The van der Waals surface area contributed by atoms with Crippen molar-refractivity contribution in [3.05, 3.63) is 18.2 Å². The zero-order valence-corrected chi connectivity index (χ0v) is 6.77. The molecule has 0 saturated carbocycles. The van der Waals surface area contributed by atoms with Crippen LogP contribution in [0.4, 0.5) is 0 Å². The van der Waals surface area contributed by atoms with Gasteiger partial charge < -0.3 is 9.71 Å². The molecular formula is C6H9N3OS. The Labute approximate surface area is 70.0 Å². The van der Waals surface area contributed by atoms with Crippen LogP contribution in [0.25, 0.3) is 0 Å². The molecule has 1 rings (SSSR count). The highest BCUT2D eigenvalue weighted by Crippen LogP contribution is 1.96. The van der Waals surface area contributed by atoms with Crippen LogP contribution < -0.4 is 4.72 Å². The van der Waals surface area contributed by atoms with E-state index in [0.29, 0.717) is 12.8 Å². The van der Waals surface area contributed by atoms with Crippen molar-refractivity contribution >= 4 is 18.7 Å². The number of H-pyrrole nitrogens is 1. The first kappa shape index (κ1) is 8.13. The van der Waals surface area contributed by atoms with E-state index in [-0.39, 0.29) is 5.91 Å². The van der Waals surface area contributed by atoms with Crippen molar-refractivity contribution in [1.29, 1.82) is 0 Å². The van der Waals surface area contributed by atoms with Gasteiger partial charge in [0.2, 0.25) is 5.91 Å². The standard InChI is InChI=1S/C6H9N3OS/c10-6(9-11)2-1-5-3-7-4-8-5/h3-4,11H,1-2H2,(H,7,8)(H,9,10). The average molecular weight is 171 g/mol. The van der Waals surface area contributed by atoms with Crippen LogP contribution in [0.2, 0.25) is 0 Å². The van der Waals surface area contributed by atoms with E-state index in [1.165, 1.54) is 0 Å². The van der Waals surface area contributed by atoms with Crippen LogP contribution in [0, 0.1) is 0 Å². The first-order chi connectivity index (χ1) is 5.33. The maximum atomic E-state index is 10.7. The van der Waals surface area contributed by atoms with Crippen LogP contribution in [0.3, 0.4) is 0 Å². The number of imidazole rings is 1. The molecule has 0 aliphatic heterocycles. The molecule has 1 heterocycles. The molecule has 0 radical (unpaired) electrons. The quantitative estimate of drug-likeness (QED) is 0.573. The number of hydrogen-bond donors (Lipinski definition) is 3. The van der Waals surface area contributed by atoms with Gasteiger partial charge >= 0.3 is 0 Å². The molecule has 1 amide bonds. The van der Waals surface area contributed by atoms with Gasteiger partial charge in [0.05, 0.1) is 6.33 Å². The summed E-state index contributed by atoms with van der Waals surface area (Å²) in [4.78, 5) is 17.4. The highest BCUT2D eigenvalue weighted by molar-refractivity contribution is 7.78. The largest absolute Gasteiger partial charge is 0.348 e. The van der Waals surface area contributed by atoms with Gasteiger partial charge in [0.15, 0.2) is 0 Å². The first-order valence-corrected chi connectivity index (χ1v) is 3.68. The molecule has 0 aromatic carbocycles. The number of thiol groups is 1. The second kappa shape index (κ2) is 4.02. The lowest BCUT2D eigenvalue weighted by Crippen LogP contribution is -2.12. The molecule has 1 aromatic heterocycles. The van der Waals surface area contributed by atoms with Gasteiger partial charge in [-0.3, -0.25) is 4.79 Å². The molecule has 1 aromatic rings. The number of carbonyl (C=O) groups is 1. The molecule has 5 heteroatoms. The predicted octanol–water partition coefficient (Wildman–Crippen LogP) is 0.303. The highest BCUT2D eigenvalue weighted by atomic mass is 32.1. The second-order valence-electron chi connectivity index (χ2n) is 2.11. The van der Waals surface area contributed by atoms with E-state index in [1.54, 1.807) is 12.5 Å². The maximum Gasteiger partial charge on any atom is 0.230 e. The Hall–Kier alpha value is -0.970. The number of nitrogens with zero attached hydrogens (tertiary/aromatic N) is 1. The summed E-state index contributed by atoms with van der Waals surface area (Å²) >= 11 is 3.62. The number of rotatable bonds is 3. The van der Waals surface area contributed by atoms with Crippen molar-refractivity contribution in [3.63, 3.8) is 0 Å². The van der Waals surface area contributed by atoms with Gasteiger partial charge in [-0.05, 0) is 6.42 Å². The Bertz CT molecular complexity index is 222. The van der Waals surface area contributed by atoms with Gasteiger partial charge in [0, 0.05) is 18.3 Å². The Kier molecular flexibility index (Phi) is 2.97.